The predicted molar refractivity (Wildman–Crippen MR) is 84.0 cm³/mol. The molecule has 20 heavy (non-hydrogen) atoms. The van der Waals surface area contributed by atoms with Gasteiger partial charge in [0.05, 0.1) is 12.1 Å². The van der Waals surface area contributed by atoms with E-state index in [0.29, 0.717) is 0 Å². The largest absolute Gasteiger partial charge is 0.383 e. The molecule has 0 aliphatic rings. The second-order valence-electron chi connectivity index (χ2n) is 6.10. The van der Waals surface area contributed by atoms with Crippen molar-refractivity contribution in [1.29, 1.82) is 0 Å². The van der Waals surface area contributed by atoms with Gasteiger partial charge in [0, 0.05) is 36.7 Å². The lowest BCUT2D eigenvalue weighted by Crippen LogP contribution is -2.20. The van der Waals surface area contributed by atoms with Gasteiger partial charge in [0.15, 0.2) is 0 Å². The molecule has 0 fully saturated rings. The summed E-state index contributed by atoms with van der Waals surface area (Å²) in [6.45, 7) is 9.04. The zero-order valence-electron chi connectivity index (χ0n) is 12.9. The van der Waals surface area contributed by atoms with E-state index in [4.69, 9.17) is 9.72 Å². The molecule has 0 aliphatic heterocycles. The Morgan fingerprint density at radius 2 is 1.95 bits per heavy atom. The molecule has 0 unspecified atom stereocenters. The zero-order valence-corrected chi connectivity index (χ0v) is 12.9. The van der Waals surface area contributed by atoms with Crippen molar-refractivity contribution in [3.05, 3.63) is 41.6 Å². The summed E-state index contributed by atoms with van der Waals surface area (Å²) in [4.78, 5) is 4.80. The van der Waals surface area contributed by atoms with Crippen LogP contribution < -0.4 is 5.32 Å². The van der Waals surface area contributed by atoms with Crippen molar-refractivity contribution >= 4 is 10.9 Å². The van der Waals surface area contributed by atoms with Crippen LogP contribution >= 0.6 is 0 Å². The highest BCUT2D eigenvalue weighted by atomic mass is 16.5. The summed E-state index contributed by atoms with van der Waals surface area (Å²) in [5, 5.41) is 4.65. The van der Waals surface area contributed by atoms with Gasteiger partial charge >= 0.3 is 0 Å². The van der Waals surface area contributed by atoms with E-state index in [1.165, 1.54) is 10.9 Å². The lowest BCUT2D eigenvalue weighted by atomic mass is 9.90. The molecule has 0 atom stereocenters. The molecule has 3 heteroatoms. The molecule has 1 aromatic heterocycles. The van der Waals surface area contributed by atoms with Gasteiger partial charge in [-0.3, -0.25) is 4.98 Å². The number of ether oxygens (including phenoxy) is 1. The number of fused-ring (bicyclic) bond motifs is 1. The van der Waals surface area contributed by atoms with Gasteiger partial charge in [0.25, 0.3) is 0 Å². The van der Waals surface area contributed by atoms with Gasteiger partial charge in [0.2, 0.25) is 0 Å². The molecule has 0 saturated heterocycles. The van der Waals surface area contributed by atoms with Crippen molar-refractivity contribution in [2.75, 3.05) is 20.3 Å². The fourth-order valence-corrected chi connectivity index (χ4v) is 2.18. The second kappa shape index (κ2) is 6.33. The highest BCUT2D eigenvalue weighted by Crippen LogP contribution is 2.26. The minimum Gasteiger partial charge on any atom is -0.383 e. The van der Waals surface area contributed by atoms with Crippen molar-refractivity contribution in [2.45, 2.75) is 32.7 Å². The van der Waals surface area contributed by atoms with E-state index in [-0.39, 0.29) is 5.41 Å². The van der Waals surface area contributed by atoms with Crippen molar-refractivity contribution in [3.8, 4) is 0 Å². The molecule has 2 aromatic rings. The molecule has 3 nitrogen and oxygen atoms in total. The number of methoxy groups -OCH3 is 1. The Labute approximate surface area is 121 Å². The fourth-order valence-electron chi connectivity index (χ4n) is 2.18. The summed E-state index contributed by atoms with van der Waals surface area (Å²) in [5.74, 6) is 0. The molecule has 1 N–H and O–H groups in total. The van der Waals surface area contributed by atoms with Crippen LogP contribution in [-0.2, 0) is 16.7 Å². The fraction of sp³-hybridized carbons (Fsp3) is 0.471. The number of pyridine rings is 1. The van der Waals surface area contributed by atoms with E-state index in [9.17, 15) is 0 Å². The van der Waals surface area contributed by atoms with Crippen molar-refractivity contribution in [2.24, 2.45) is 0 Å². The second-order valence-corrected chi connectivity index (χ2v) is 6.10. The van der Waals surface area contributed by atoms with Crippen molar-refractivity contribution in [3.63, 3.8) is 0 Å². The average molecular weight is 272 g/mol. The molecule has 108 valence electrons. The summed E-state index contributed by atoms with van der Waals surface area (Å²) in [6, 6.07) is 10.6. The SMILES string of the molecule is COCCNCc1cc(C(C)(C)C)nc2ccccc12. The number of aromatic nitrogens is 1. The van der Waals surface area contributed by atoms with Crippen LogP contribution in [0, 0.1) is 0 Å². The summed E-state index contributed by atoms with van der Waals surface area (Å²) in [5.41, 5.74) is 3.57. The zero-order chi connectivity index (χ0) is 14.6. The Bertz CT molecular complexity index is 573. The summed E-state index contributed by atoms with van der Waals surface area (Å²) >= 11 is 0. The van der Waals surface area contributed by atoms with E-state index in [1.54, 1.807) is 7.11 Å². The molecule has 0 spiro atoms. The molecule has 2 rings (SSSR count). The van der Waals surface area contributed by atoms with Gasteiger partial charge in [-0.1, -0.05) is 39.0 Å². The Balaban J connectivity index is 2.34. The van der Waals surface area contributed by atoms with Gasteiger partial charge in [-0.25, -0.2) is 0 Å². The van der Waals surface area contributed by atoms with E-state index < -0.39 is 0 Å². The van der Waals surface area contributed by atoms with Crippen molar-refractivity contribution < 1.29 is 4.74 Å². The first kappa shape index (κ1) is 14.9. The lowest BCUT2D eigenvalue weighted by Gasteiger charge is -2.20. The summed E-state index contributed by atoms with van der Waals surface area (Å²) in [7, 11) is 1.72. The summed E-state index contributed by atoms with van der Waals surface area (Å²) in [6.07, 6.45) is 0. The Kier molecular flexibility index (Phi) is 4.73. The van der Waals surface area contributed by atoms with Crippen LogP contribution in [0.1, 0.15) is 32.0 Å². The van der Waals surface area contributed by atoms with Crippen LogP contribution in [0.3, 0.4) is 0 Å². The maximum atomic E-state index is 5.07. The number of hydrogen-bond donors (Lipinski definition) is 1. The maximum Gasteiger partial charge on any atom is 0.0708 e. The van der Waals surface area contributed by atoms with Gasteiger partial charge in [0.1, 0.15) is 0 Å². The topological polar surface area (TPSA) is 34.1 Å². The van der Waals surface area contributed by atoms with Crippen molar-refractivity contribution in [1.82, 2.24) is 10.3 Å². The van der Waals surface area contributed by atoms with Crippen LogP contribution in [-0.4, -0.2) is 25.2 Å². The standard InChI is InChI=1S/C17H24N2O/c1-17(2,3)16-11-13(12-18-9-10-20-4)14-7-5-6-8-15(14)19-16/h5-8,11,18H,9-10,12H2,1-4H3. The third-order valence-corrected chi connectivity index (χ3v) is 3.37. The number of para-hydroxylation sites is 1. The molecular weight excluding hydrogens is 248 g/mol. The van der Waals surface area contributed by atoms with Crippen LogP contribution in [0.25, 0.3) is 10.9 Å². The van der Waals surface area contributed by atoms with Gasteiger partial charge in [-0.15, -0.1) is 0 Å². The molecule has 1 aromatic carbocycles. The first-order valence-electron chi connectivity index (χ1n) is 7.11. The van der Waals surface area contributed by atoms with Gasteiger partial charge < -0.3 is 10.1 Å². The molecule has 0 aliphatic carbocycles. The third-order valence-electron chi connectivity index (χ3n) is 3.37. The smallest absolute Gasteiger partial charge is 0.0708 e. The van der Waals surface area contributed by atoms with Gasteiger partial charge in [-0.2, -0.15) is 0 Å². The number of nitrogens with zero attached hydrogens (tertiary/aromatic N) is 1. The quantitative estimate of drug-likeness (QED) is 0.848. The Hall–Kier alpha value is -1.45. The number of hydrogen-bond acceptors (Lipinski definition) is 3. The number of benzene rings is 1. The van der Waals surface area contributed by atoms with Crippen LogP contribution in [0.15, 0.2) is 30.3 Å². The lowest BCUT2D eigenvalue weighted by molar-refractivity contribution is 0.199. The predicted octanol–water partition coefficient (Wildman–Crippen LogP) is 3.27. The van der Waals surface area contributed by atoms with E-state index in [2.05, 4.69) is 50.4 Å². The number of nitrogens with one attached hydrogen (secondary N) is 1. The van der Waals surface area contributed by atoms with E-state index >= 15 is 0 Å². The third kappa shape index (κ3) is 3.56. The number of rotatable bonds is 5. The highest BCUT2D eigenvalue weighted by molar-refractivity contribution is 5.82. The minimum absolute atomic E-state index is 0.0608. The van der Waals surface area contributed by atoms with E-state index in [1.807, 2.05) is 6.07 Å². The molecule has 0 radical (unpaired) electrons. The van der Waals surface area contributed by atoms with Crippen LogP contribution in [0.4, 0.5) is 0 Å². The highest BCUT2D eigenvalue weighted by Gasteiger charge is 2.17. The van der Waals surface area contributed by atoms with Gasteiger partial charge in [-0.05, 0) is 17.7 Å². The monoisotopic (exact) mass is 272 g/mol. The molecule has 0 amide bonds. The molecular formula is C17H24N2O. The normalized spacial score (nSPS) is 12.0. The molecule has 0 saturated carbocycles. The minimum atomic E-state index is 0.0608. The Morgan fingerprint density at radius 3 is 2.65 bits per heavy atom. The average Bonchev–Trinajstić information content (AvgIpc) is 2.42. The first-order chi connectivity index (χ1) is 9.52. The van der Waals surface area contributed by atoms with E-state index in [0.717, 1.165) is 30.9 Å². The summed E-state index contributed by atoms with van der Waals surface area (Å²) < 4.78 is 5.07. The van der Waals surface area contributed by atoms with Crippen LogP contribution in [0.2, 0.25) is 0 Å². The molecule has 1 heterocycles. The molecule has 0 bridgehead atoms. The Morgan fingerprint density at radius 1 is 1.20 bits per heavy atom. The van der Waals surface area contributed by atoms with Crippen LogP contribution in [0.5, 0.6) is 0 Å². The maximum absolute atomic E-state index is 5.07. The first-order valence-corrected chi connectivity index (χ1v) is 7.11.